The summed E-state index contributed by atoms with van der Waals surface area (Å²) in [5.74, 6) is 0.286. The summed E-state index contributed by atoms with van der Waals surface area (Å²) in [5.41, 5.74) is 0.987. The third-order valence-electron chi connectivity index (χ3n) is 2.79. The van der Waals surface area contributed by atoms with E-state index >= 15 is 0 Å². The highest BCUT2D eigenvalue weighted by Crippen LogP contribution is 2.30. The van der Waals surface area contributed by atoms with Gasteiger partial charge in [0.05, 0.1) is 7.11 Å². The molecule has 2 aromatic heterocycles. The molecule has 0 unspecified atom stereocenters. The van der Waals surface area contributed by atoms with Crippen molar-refractivity contribution in [1.29, 1.82) is 0 Å². The van der Waals surface area contributed by atoms with Gasteiger partial charge in [0.15, 0.2) is 0 Å². The molecule has 110 valence electrons. The smallest absolute Gasteiger partial charge is 0.348 e. The van der Waals surface area contributed by atoms with Crippen LogP contribution in [0.25, 0.3) is 10.2 Å². The van der Waals surface area contributed by atoms with Crippen molar-refractivity contribution in [2.45, 2.75) is 20.4 Å². The van der Waals surface area contributed by atoms with Crippen LogP contribution in [0.15, 0.2) is 18.3 Å². The van der Waals surface area contributed by atoms with Gasteiger partial charge < -0.3 is 10.1 Å². The second kappa shape index (κ2) is 7.57. The van der Waals surface area contributed by atoms with E-state index in [1.165, 1.54) is 18.4 Å². The van der Waals surface area contributed by atoms with Crippen LogP contribution < -0.4 is 5.32 Å². The number of methoxy groups -OCH3 is 1. The number of hydrogen-bond acceptors (Lipinski definition) is 5. The maximum atomic E-state index is 11.8. The van der Waals surface area contributed by atoms with Gasteiger partial charge in [-0.05, 0) is 18.5 Å². The zero-order chi connectivity index (χ0) is 13.8. The Morgan fingerprint density at radius 3 is 2.90 bits per heavy atom. The SMILES string of the molecule is COC(=O)c1sc2ncccc2c1CNCC(C)C.Cl. The zero-order valence-corrected chi connectivity index (χ0v) is 13.4. The topological polar surface area (TPSA) is 51.2 Å². The molecule has 0 aromatic carbocycles. The predicted octanol–water partition coefficient (Wildman–Crippen LogP) is 3.25. The van der Waals surface area contributed by atoms with E-state index in [4.69, 9.17) is 4.74 Å². The van der Waals surface area contributed by atoms with Gasteiger partial charge >= 0.3 is 5.97 Å². The number of aromatic nitrogens is 1. The van der Waals surface area contributed by atoms with Crippen molar-refractivity contribution in [2.75, 3.05) is 13.7 Å². The molecule has 2 aromatic rings. The molecule has 0 spiro atoms. The number of halogens is 1. The fraction of sp³-hybridized carbons (Fsp3) is 0.429. The molecule has 2 rings (SSSR count). The molecule has 1 N–H and O–H groups in total. The number of hydrogen-bond donors (Lipinski definition) is 1. The van der Waals surface area contributed by atoms with Gasteiger partial charge in [-0.25, -0.2) is 9.78 Å². The lowest BCUT2D eigenvalue weighted by molar-refractivity contribution is 0.0605. The van der Waals surface area contributed by atoms with Gasteiger partial charge in [0, 0.05) is 23.7 Å². The van der Waals surface area contributed by atoms with E-state index in [2.05, 4.69) is 24.1 Å². The summed E-state index contributed by atoms with van der Waals surface area (Å²) in [4.78, 5) is 17.7. The van der Waals surface area contributed by atoms with Gasteiger partial charge in [0.1, 0.15) is 9.71 Å². The number of thiophene rings is 1. The number of esters is 1. The van der Waals surface area contributed by atoms with Gasteiger partial charge in [-0.3, -0.25) is 0 Å². The van der Waals surface area contributed by atoms with E-state index in [-0.39, 0.29) is 18.4 Å². The van der Waals surface area contributed by atoms with Crippen molar-refractivity contribution in [3.63, 3.8) is 0 Å². The fourth-order valence-corrected chi connectivity index (χ4v) is 2.98. The van der Waals surface area contributed by atoms with Gasteiger partial charge in [-0.1, -0.05) is 19.9 Å². The first-order chi connectivity index (χ1) is 9.13. The number of carbonyl (C=O) groups excluding carboxylic acids is 1. The summed E-state index contributed by atoms with van der Waals surface area (Å²) in [7, 11) is 1.41. The Morgan fingerprint density at radius 1 is 1.50 bits per heavy atom. The summed E-state index contributed by atoms with van der Waals surface area (Å²) in [6, 6.07) is 3.89. The van der Waals surface area contributed by atoms with Crippen molar-refractivity contribution < 1.29 is 9.53 Å². The van der Waals surface area contributed by atoms with E-state index < -0.39 is 0 Å². The van der Waals surface area contributed by atoms with Gasteiger partial charge in [0.2, 0.25) is 0 Å². The van der Waals surface area contributed by atoms with Crippen LogP contribution >= 0.6 is 23.7 Å². The van der Waals surface area contributed by atoms with Gasteiger partial charge in [-0.15, -0.1) is 23.7 Å². The standard InChI is InChI=1S/C14H18N2O2S.ClH/c1-9(2)7-15-8-11-10-5-4-6-16-13(10)19-12(11)14(17)18-3;/h4-6,9,15H,7-8H2,1-3H3;1H. The van der Waals surface area contributed by atoms with E-state index in [1.54, 1.807) is 6.20 Å². The molecule has 2 heterocycles. The normalized spacial score (nSPS) is 10.6. The minimum atomic E-state index is -0.288. The molecule has 0 aliphatic heterocycles. The molecule has 0 fully saturated rings. The Labute approximate surface area is 129 Å². The maximum absolute atomic E-state index is 11.8. The fourth-order valence-electron chi connectivity index (χ4n) is 1.90. The summed E-state index contributed by atoms with van der Waals surface area (Å²) in [5, 5.41) is 4.40. The van der Waals surface area contributed by atoms with Crippen LogP contribution in [0.5, 0.6) is 0 Å². The summed E-state index contributed by atoms with van der Waals surface area (Å²) >= 11 is 1.39. The molecule has 0 saturated heterocycles. The molecular formula is C14H19ClN2O2S. The van der Waals surface area contributed by atoms with Crippen LogP contribution in [-0.4, -0.2) is 24.6 Å². The Bertz CT molecular complexity index is 584. The number of rotatable bonds is 5. The second-order valence-corrected chi connectivity index (χ2v) is 5.78. The average Bonchev–Trinajstić information content (AvgIpc) is 2.77. The molecule has 0 radical (unpaired) electrons. The Balaban J connectivity index is 0.00000200. The minimum Gasteiger partial charge on any atom is -0.465 e. The average molecular weight is 315 g/mol. The molecule has 6 heteroatoms. The molecule has 0 saturated carbocycles. The number of nitrogens with zero attached hydrogens (tertiary/aromatic N) is 1. The molecular weight excluding hydrogens is 296 g/mol. The highest BCUT2D eigenvalue weighted by atomic mass is 35.5. The van der Waals surface area contributed by atoms with Crippen molar-refractivity contribution in [3.05, 3.63) is 28.8 Å². The quantitative estimate of drug-likeness (QED) is 0.861. The number of nitrogens with one attached hydrogen (secondary N) is 1. The monoisotopic (exact) mass is 314 g/mol. The summed E-state index contributed by atoms with van der Waals surface area (Å²) < 4.78 is 4.85. The third kappa shape index (κ3) is 3.69. The van der Waals surface area contributed by atoms with E-state index in [0.717, 1.165) is 22.3 Å². The molecule has 0 bridgehead atoms. The van der Waals surface area contributed by atoms with Crippen LogP contribution in [-0.2, 0) is 11.3 Å². The lowest BCUT2D eigenvalue weighted by Gasteiger charge is -2.08. The summed E-state index contributed by atoms with van der Waals surface area (Å²) in [6.07, 6.45) is 1.74. The largest absolute Gasteiger partial charge is 0.465 e. The van der Waals surface area contributed by atoms with Crippen molar-refractivity contribution in [2.24, 2.45) is 5.92 Å². The minimum absolute atomic E-state index is 0. The molecule has 0 amide bonds. The molecule has 0 atom stereocenters. The third-order valence-corrected chi connectivity index (χ3v) is 3.93. The van der Waals surface area contributed by atoms with E-state index in [1.807, 2.05) is 12.1 Å². The Kier molecular flexibility index (Phi) is 6.39. The second-order valence-electron chi connectivity index (χ2n) is 4.78. The maximum Gasteiger partial charge on any atom is 0.348 e. The lowest BCUT2D eigenvalue weighted by Crippen LogP contribution is -2.20. The molecule has 20 heavy (non-hydrogen) atoms. The molecule has 0 aliphatic rings. The first-order valence-electron chi connectivity index (χ1n) is 6.29. The molecule has 0 aliphatic carbocycles. The summed E-state index contributed by atoms with van der Waals surface area (Å²) in [6.45, 7) is 5.88. The van der Waals surface area contributed by atoms with Crippen molar-refractivity contribution >= 4 is 39.9 Å². The van der Waals surface area contributed by atoms with Gasteiger partial charge in [-0.2, -0.15) is 0 Å². The number of ether oxygens (including phenoxy) is 1. The first kappa shape index (κ1) is 16.9. The van der Waals surface area contributed by atoms with E-state index in [0.29, 0.717) is 17.3 Å². The Morgan fingerprint density at radius 2 is 2.25 bits per heavy atom. The highest BCUT2D eigenvalue weighted by Gasteiger charge is 2.19. The first-order valence-corrected chi connectivity index (χ1v) is 7.10. The van der Waals surface area contributed by atoms with Gasteiger partial charge in [0.25, 0.3) is 0 Å². The van der Waals surface area contributed by atoms with Crippen LogP contribution in [0, 0.1) is 5.92 Å². The van der Waals surface area contributed by atoms with Crippen LogP contribution in [0.2, 0.25) is 0 Å². The molecule has 4 nitrogen and oxygen atoms in total. The van der Waals surface area contributed by atoms with Crippen molar-refractivity contribution in [1.82, 2.24) is 10.3 Å². The predicted molar refractivity (Wildman–Crippen MR) is 84.8 cm³/mol. The van der Waals surface area contributed by atoms with Crippen LogP contribution in [0.4, 0.5) is 0 Å². The van der Waals surface area contributed by atoms with E-state index in [9.17, 15) is 4.79 Å². The van der Waals surface area contributed by atoms with Crippen molar-refractivity contribution in [3.8, 4) is 0 Å². The zero-order valence-electron chi connectivity index (χ0n) is 11.8. The van der Waals surface area contributed by atoms with Crippen LogP contribution in [0.1, 0.15) is 29.1 Å². The number of fused-ring (bicyclic) bond motifs is 1. The lowest BCUT2D eigenvalue weighted by atomic mass is 10.1. The number of pyridine rings is 1. The van der Waals surface area contributed by atoms with Crippen LogP contribution in [0.3, 0.4) is 0 Å². The number of carbonyl (C=O) groups is 1. The Hall–Kier alpha value is -1.17. The highest BCUT2D eigenvalue weighted by molar-refractivity contribution is 7.20.